The molecule has 0 radical (unpaired) electrons. The van der Waals surface area contributed by atoms with Crippen molar-refractivity contribution >= 4 is 33.7 Å². The third-order valence-electron chi connectivity index (χ3n) is 5.19. The van der Waals surface area contributed by atoms with Crippen molar-refractivity contribution < 1.29 is 26.7 Å². The molecule has 0 saturated carbocycles. The molecule has 5 aromatic rings. The van der Waals surface area contributed by atoms with Crippen LogP contribution in [0.1, 0.15) is 5.56 Å². The predicted octanol–water partition coefficient (Wildman–Crippen LogP) is 4.87. The molecule has 0 saturated heterocycles. The summed E-state index contributed by atoms with van der Waals surface area (Å²) >= 11 is 0. The highest BCUT2D eigenvalue weighted by molar-refractivity contribution is 5.95. The van der Waals surface area contributed by atoms with Crippen LogP contribution in [-0.2, 0) is 11.3 Å². The summed E-state index contributed by atoms with van der Waals surface area (Å²) in [5.41, 5.74) is 1.39. The van der Waals surface area contributed by atoms with Crippen LogP contribution in [-0.4, -0.2) is 37.0 Å². The van der Waals surface area contributed by atoms with Crippen molar-refractivity contribution in [1.82, 2.24) is 25.0 Å². The monoisotopic (exact) mass is 484 g/mol. The molecule has 0 bridgehead atoms. The number of amides is 1. The number of hydrogen-bond acceptors (Lipinski definition) is 5. The lowest BCUT2D eigenvalue weighted by Crippen LogP contribution is -2.30. The van der Waals surface area contributed by atoms with Crippen molar-refractivity contribution in [3.05, 3.63) is 78.0 Å². The molecule has 7 nitrogen and oxygen atoms in total. The number of carbonyl (C=O) groups is 1. The summed E-state index contributed by atoms with van der Waals surface area (Å²) in [7, 11) is 0. The van der Waals surface area contributed by atoms with Gasteiger partial charge in [0.2, 0.25) is 0 Å². The number of carbonyl (C=O) groups excluding carboxylic acids is 1. The molecule has 0 aliphatic heterocycles. The van der Waals surface area contributed by atoms with Gasteiger partial charge in [-0.1, -0.05) is 17.3 Å². The average molecular weight is 484 g/mol. The highest BCUT2D eigenvalue weighted by Crippen LogP contribution is 2.29. The molecule has 3 heterocycles. The summed E-state index contributed by atoms with van der Waals surface area (Å²) in [5.74, 6) is -5.24. The number of pyridine rings is 2. The molecule has 2 aromatic carbocycles. The zero-order chi connectivity index (χ0) is 24.7. The third-order valence-corrected chi connectivity index (χ3v) is 5.19. The number of alkyl halides is 3. The van der Waals surface area contributed by atoms with E-state index < -0.39 is 29.4 Å². The van der Waals surface area contributed by atoms with Gasteiger partial charge < -0.3 is 5.32 Å². The fourth-order valence-corrected chi connectivity index (χ4v) is 3.54. The first-order chi connectivity index (χ1) is 16.7. The van der Waals surface area contributed by atoms with E-state index in [0.29, 0.717) is 17.7 Å². The Bertz CT molecular complexity index is 1570. The van der Waals surface area contributed by atoms with Crippen LogP contribution in [0, 0.1) is 11.6 Å². The van der Waals surface area contributed by atoms with Gasteiger partial charge in [-0.05, 0) is 48.0 Å². The van der Waals surface area contributed by atoms with Crippen LogP contribution in [0.15, 0.2) is 60.8 Å². The van der Waals surface area contributed by atoms with Crippen LogP contribution < -0.4 is 5.32 Å². The number of nitrogens with zero attached hydrogens (tertiary/aromatic N) is 5. The van der Waals surface area contributed by atoms with Crippen LogP contribution in [0.2, 0.25) is 0 Å². The number of hydrogen-bond donors (Lipinski definition) is 1. The number of fused-ring (bicyclic) bond motifs is 2. The van der Waals surface area contributed by atoms with Crippen molar-refractivity contribution in [3.8, 4) is 11.3 Å². The summed E-state index contributed by atoms with van der Waals surface area (Å²) < 4.78 is 67.7. The summed E-state index contributed by atoms with van der Waals surface area (Å²) in [6, 6.07) is 14.0. The van der Waals surface area contributed by atoms with E-state index >= 15 is 0 Å². The minimum absolute atomic E-state index is 0.0450. The van der Waals surface area contributed by atoms with E-state index in [1.807, 2.05) is 30.3 Å². The summed E-state index contributed by atoms with van der Waals surface area (Å²) in [5, 5.41) is 10.3. The average Bonchev–Trinajstić information content (AvgIpc) is 3.22. The topological polar surface area (TPSA) is 85.6 Å². The van der Waals surface area contributed by atoms with E-state index in [-0.39, 0.29) is 11.3 Å². The zero-order valence-electron chi connectivity index (χ0n) is 17.5. The summed E-state index contributed by atoms with van der Waals surface area (Å²) in [6.07, 6.45) is -3.60. The molecule has 5 rings (SSSR count). The number of aromatic nitrogens is 5. The van der Waals surface area contributed by atoms with E-state index in [1.54, 1.807) is 12.3 Å². The first kappa shape index (κ1) is 22.3. The molecule has 0 fully saturated rings. The molecule has 0 unspecified atom stereocenters. The fraction of sp³-hybridized carbons (Fsp3) is 0.0870. The van der Waals surface area contributed by atoms with Crippen molar-refractivity contribution in [3.63, 3.8) is 0 Å². The standard InChI is InChI=1S/C23H13F5N6O/c24-15-9-14(10-16(25)20(15)31-22(35)23(26,27)28)18-5-6-19-21(30-18)34(33-32-19)11-12-3-4-17-13(8-12)2-1-7-29-17/h1-10H,11H2,(H,31,35). The van der Waals surface area contributed by atoms with E-state index in [9.17, 15) is 26.7 Å². The lowest BCUT2D eigenvalue weighted by Gasteiger charge is -2.11. The van der Waals surface area contributed by atoms with Crippen LogP contribution in [0.3, 0.4) is 0 Å². The van der Waals surface area contributed by atoms with Gasteiger partial charge in [-0.3, -0.25) is 9.78 Å². The van der Waals surface area contributed by atoms with Crippen LogP contribution in [0.4, 0.5) is 27.6 Å². The normalized spacial score (nSPS) is 11.8. The van der Waals surface area contributed by atoms with Crippen molar-refractivity contribution in [2.24, 2.45) is 0 Å². The van der Waals surface area contributed by atoms with Crippen molar-refractivity contribution in [1.29, 1.82) is 0 Å². The quantitative estimate of drug-likeness (QED) is 0.368. The van der Waals surface area contributed by atoms with Gasteiger partial charge in [0.05, 0.1) is 17.8 Å². The number of anilines is 1. The number of benzene rings is 2. The molecule has 0 aliphatic carbocycles. The molecule has 35 heavy (non-hydrogen) atoms. The number of rotatable bonds is 4. The molecule has 0 aliphatic rings. The van der Waals surface area contributed by atoms with Gasteiger partial charge >= 0.3 is 12.1 Å². The van der Waals surface area contributed by atoms with Gasteiger partial charge in [-0.25, -0.2) is 18.4 Å². The molecule has 0 atom stereocenters. The van der Waals surface area contributed by atoms with E-state index in [2.05, 4.69) is 20.3 Å². The Balaban J connectivity index is 1.47. The second kappa shape index (κ2) is 8.38. The predicted molar refractivity (Wildman–Crippen MR) is 116 cm³/mol. The van der Waals surface area contributed by atoms with Crippen LogP contribution >= 0.6 is 0 Å². The lowest BCUT2D eigenvalue weighted by atomic mass is 10.1. The molecule has 12 heteroatoms. The van der Waals surface area contributed by atoms with E-state index in [0.717, 1.165) is 28.6 Å². The Hall–Kier alpha value is -4.48. The molecule has 176 valence electrons. The molecular formula is C23H13F5N6O. The largest absolute Gasteiger partial charge is 0.471 e. The first-order valence-electron chi connectivity index (χ1n) is 10.1. The Labute approximate surface area is 193 Å². The highest BCUT2D eigenvalue weighted by atomic mass is 19.4. The molecule has 1 N–H and O–H groups in total. The van der Waals surface area contributed by atoms with Gasteiger partial charge in [0, 0.05) is 17.1 Å². The first-order valence-corrected chi connectivity index (χ1v) is 10.1. The molecular weight excluding hydrogens is 471 g/mol. The molecule has 1 amide bonds. The minimum atomic E-state index is -5.29. The number of halogens is 5. The van der Waals surface area contributed by atoms with Gasteiger partial charge in [-0.15, -0.1) is 5.10 Å². The van der Waals surface area contributed by atoms with Crippen LogP contribution in [0.25, 0.3) is 33.3 Å². The lowest BCUT2D eigenvalue weighted by molar-refractivity contribution is -0.167. The molecule has 3 aromatic heterocycles. The second-order valence-corrected chi connectivity index (χ2v) is 7.58. The maximum absolute atomic E-state index is 14.4. The van der Waals surface area contributed by atoms with Crippen LogP contribution in [0.5, 0.6) is 0 Å². The van der Waals surface area contributed by atoms with Gasteiger partial charge in [0.15, 0.2) is 5.65 Å². The maximum atomic E-state index is 14.4. The van der Waals surface area contributed by atoms with Gasteiger partial charge in [0.1, 0.15) is 22.8 Å². The van der Waals surface area contributed by atoms with Crippen molar-refractivity contribution in [2.45, 2.75) is 12.7 Å². The van der Waals surface area contributed by atoms with E-state index in [4.69, 9.17) is 0 Å². The van der Waals surface area contributed by atoms with Gasteiger partial charge in [-0.2, -0.15) is 13.2 Å². The van der Waals surface area contributed by atoms with Gasteiger partial charge in [0.25, 0.3) is 0 Å². The highest BCUT2D eigenvalue weighted by Gasteiger charge is 2.39. The second-order valence-electron chi connectivity index (χ2n) is 7.58. The SMILES string of the molecule is O=C(Nc1c(F)cc(-c2ccc3nnn(Cc4ccc5ncccc5c4)c3n2)cc1F)C(F)(F)F. The Morgan fingerprint density at radius 3 is 2.46 bits per heavy atom. The third kappa shape index (κ3) is 4.37. The summed E-state index contributed by atoms with van der Waals surface area (Å²) in [6.45, 7) is 0.308. The van der Waals surface area contributed by atoms with E-state index in [1.165, 1.54) is 16.1 Å². The Morgan fingerprint density at radius 1 is 0.971 bits per heavy atom. The Kier molecular flexibility index (Phi) is 5.35. The van der Waals surface area contributed by atoms with Crippen molar-refractivity contribution in [2.75, 3.05) is 5.32 Å². The molecule has 0 spiro atoms. The minimum Gasteiger partial charge on any atom is -0.313 e. The number of nitrogens with one attached hydrogen (secondary N) is 1. The summed E-state index contributed by atoms with van der Waals surface area (Å²) in [4.78, 5) is 19.7. The zero-order valence-corrected chi connectivity index (χ0v) is 17.5. The smallest absolute Gasteiger partial charge is 0.313 e. The Morgan fingerprint density at radius 2 is 1.71 bits per heavy atom. The fourth-order valence-electron chi connectivity index (χ4n) is 3.54. The maximum Gasteiger partial charge on any atom is 0.471 e.